The number of anilines is 2. The molecule has 0 aliphatic heterocycles. The highest BCUT2D eigenvalue weighted by Gasteiger charge is 2.21. The number of carboxylic acid groups (broad SMARTS) is 3. The van der Waals surface area contributed by atoms with Gasteiger partial charge in [-0.25, -0.2) is 14.4 Å². The summed E-state index contributed by atoms with van der Waals surface area (Å²) >= 11 is 0. The summed E-state index contributed by atoms with van der Waals surface area (Å²) in [5.41, 5.74) is -3.28. The first-order valence-electron chi connectivity index (χ1n) is 9.88. The van der Waals surface area contributed by atoms with Gasteiger partial charge in [-0.3, -0.25) is 9.59 Å². The van der Waals surface area contributed by atoms with Crippen LogP contribution in [0.1, 0.15) is 51.8 Å². The molecule has 0 aliphatic carbocycles. The van der Waals surface area contributed by atoms with Crippen molar-refractivity contribution in [2.45, 2.75) is 0 Å². The van der Waals surface area contributed by atoms with Crippen LogP contribution >= 0.6 is 0 Å². The van der Waals surface area contributed by atoms with E-state index in [2.05, 4.69) is 10.6 Å². The van der Waals surface area contributed by atoms with E-state index in [1.807, 2.05) is 0 Å². The zero-order chi connectivity index (χ0) is 27.6. The summed E-state index contributed by atoms with van der Waals surface area (Å²) in [6, 6.07) is 5.73. The Morgan fingerprint density at radius 2 is 0.784 bits per heavy atom. The lowest BCUT2D eigenvalue weighted by molar-refractivity contribution is 0.0682. The number of phenolic OH excluding ortho intramolecular Hbond substituents is 2. The van der Waals surface area contributed by atoms with Crippen LogP contribution in [0.15, 0.2) is 42.5 Å². The van der Waals surface area contributed by atoms with Crippen molar-refractivity contribution in [1.82, 2.24) is 0 Å². The molecule has 37 heavy (non-hydrogen) atoms. The Hall–Kier alpha value is -5.79. The SMILES string of the molecule is O=C(O)c1cc(NC(=O)c2cc(O)c(C(=O)O)cc2O)cc(NC(=O)c2cc(O)c(C(=O)O)cc2O)c1. The van der Waals surface area contributed by atoms with Gasteiger partial charge in [0.1, 0.15) is 34.1 Å². The smallest absolute Gasteiger partial charge is 0.339 e. The second kappa shape index (κ2) is 9.83. The molecule has 0 saturated heterocycles. The monoisotopic (exact) mass is 512 g/mol. The summed E-state index contributed by atoms with van der Waals surface area (Å²) in [7, 11) is 0. The van der Waals surface area contributed by atoms with Gasteiger partial charge in [0.2, 0.25) is 0 Å². The molecule has 0 radical (unpaired) electrons. The van der Waals surface area contributed by atoms with Crippen molar-refractivity contribution in [3.8, 4) is 23.0 Å². The molecule has 14 heteroatoms. The molecule has 2 amide bonds. The third-order valence-corrected chi connectivity index (χ3v) is 4.87. The molecule has 0 heterocycles. The predicted molar refractivity (Wildman–Crippen MR) is 123 cm³/mol. The van der Waals surface area contributed by atoms with Crippen molar-refractivity contribution in [3.63, 3.8) is 0 Å². The van der Waals surface area contributed by atoms with E-state index in [4.69, 9.17) is 10.2 Å². The summed E-state index contributed by atoms with van der Waals surface area (Å²) in [5.74, 6) is -9.97. The van der Waals surface area contributed by atoms with Crippen LogP contribution < -0.4 is 10.6 Å². The van der Waals surface area contributed by atoms with E-state index in [0.717, 1.165) is 18.2 Å². The Kier molecular flexibility index (Phi) is 6.86. The summed E-state index contributed by atoms with van der Waals surface area (Å²) in [6.45, 7) is 0. The van der Waals surface area contributed by atoms with Crippen molar-refractivity contribution >= 4 is 41.1 Å². The van der Waals surface area contributed by atoms with Gasteiger partial charge in [-0.1, -0.05) is 0 Å². The van der Waals surface area contributed by atoms with Gasteiger partial charge in [-0.15, -0.1) is 0 Å². The molecule has 14 nitrogen and oxygen atoms in total. The number of hydrogen-bond acceptors (Lipinski definition) is 9. The Balaban J connectivity index is 1.93. The van der Waals surface area contributed by atoms with Crippen molar-refractivity contribution in [1.29, 1.82) is 0 Å². The van der Waals surface area contributed by atoms with Crippen LogP contribution in [0.2, 0.25) is 0 Å². The number of amides is 2. The topological polar surface area (TPSA) is 251 Å². The van der Waals surface area contributed by atoms with Gasteiger partial charge in [0.05, 0.1) is 16.7 Å². The fourth-order valence-electron chi connectivity index (χ4n) is 3.15. The van der Waals surface area contributed by atoms with Crippen LogP contribution in [0, 0.1) is 0 Å². The second-order valence-corrected chi connectivity index (χ2v) is 7.40. The Morgan fingerprint density at radius 1 is 0.459 bits per heavy atom. The van der Waals surface area contributed by atoms with Crippen LogP contribution in [0.4, 0.5) is 11.4 Å². The summed E-state index contributed by atoms with van der Waals surface area (Å²) in [4.78, 5) is 58.8. The number of aromatic carboxylic acids is 3. The van der Waals surface area contributed by atoms with Gasteiger partial charge in [-0.2, -0.15) is 0 Å². The fourth-order valence-corrected chi connectivity index (χ4v) is 3.15. The van der Waals surface area contributed by atoms with Crippen LogP contribution in [0.5, 0.6) is 23.0 Å². The summed E-state index contributed by atoms with van der Waals surface area (Å²) < 4.78 is 0. The first-order chi connectivity index (χ1) is 17.3. The Morgan fingerprint density at radius 3 is 1.11 bits per heavy atom. The second-order valence-electron chi connectivity index (χ2n) is 7.40. The third kappa shape index (κ3) is 5.48. The molecular formula is C23H16N2O12. The van der Waals surface area contributed by atoms with Gasteiger partial charge in [-0.05, 0) is 42.5 Å². The zero-order valence-electron chi connectivity index (χ0n) is 18.2. The van der Waals surface area contributed by atoms with Crippen molar-refractivity contribution < 1.29 is 59.7 Å². The average Bonchev–Trinajstić information content (AvgIpc) is 2.80. The Bertz CT molecular complexity index is 1390. The van der Waals surface area contributed by atoms with Crippen LogP contribution in [-0.2, 0) is 0 Å². The number of carboxylic acids is 3. The van der Waals surface area contributed by atoms with Gasteiger partial charge in [0.25, 0.3) is 11.8 Å². The van der Waals surface area contributed by atoms with Gasteiger partial charge in [0, 0.05) is 11.4 Å². The van der Waals surface area contributed by atoms with Crippen LogP contribution in [0.3, 0.4) is 0 Å². The quantitative estimate of drug-likeness (QED) is 0.206. The molecule has 190 valence electrons. The van der Waals surface area contributed by atoms with E-state index in [9.17, 15) is 49.5 Å². The van der Waals surface area contributed by atoms with Crippen LogP contribution in [-0.4, -0.2) is 65.5 Å². The Labute approximate surface area is 205 Å². The minimum absolute atomic E-state index is 0.213. The molecule has 0 spiro atoms. The zero-order valence-corrected chi connectivity index (χ0v) is 18.2. The van der Waals surface area contributed by atoms with Crippen molar-refractivity contribution in [3.05, 3.63) is 70.3 Å². The van der Waals surface area contributed by atoms with Gasteiger partial charge >= 0.3 is 17.9 Å². The van der Waals surface area contributed by atoms with Gasteiger partial charge in [0.15, 0.2) is 0 Å². The highest BCUT2D eigenvalue weighted by molar-refractivity contribution is 6.10. The average molecular weight is 512 g/mol. The molecule has 0 unspecified atom stereocenters. The summed E-state index contributed by atoms with van der Waals surface area (Å²) in [5, 5.41) is 71.4. The van der Waals surface area contributed by atoms with Gasteiger partial charge < -0.3 is 46.4 Å². The van der Waals surface area contributed by atoms with E-state index in [1.54, 1.807) is 0 Å². The normalized spacial score (nSPS) is 10.4. The number of benzene rings is 3. The molecule has 0 aromatic heterocycles. The molecule has 0 saturated carbocycles. The largest absolute Gasteiger partial charge is 0.507 e. The number of nitrogens with one attached hydrogen (secondary N) is 2. The van der Waals surface area contributed by atoms with E-state index in [-0.39, 0.29) is 11.4 Å². The molecule has 3 aromatic carbocycles. The molecular weight excluding hydrogens is 496 g/mol. The first-order valence-corrected chi connectivity index (χ1v) is 9.88. The lowest BCUT2D eigenvalue weighted by Crippen LogP contribution is -2.16. The minimum Gasteiger partial charge on any atom is -0.507 e. The van der Waals surface area contributed by atoms with E-state index in [0.29, 0.717) is 24.3 Å². The first kappa shape index (κ1) is 25.8. The number of hydrogen-bond donors (Lipinski definition) is 9. The number of carbonyl (C=O) groups is 5. The highest BCUT2D eigenvalue weighted by atomic mass is 16.4. The molecule has 0 aliphatic rings. The van der Waals surface area contributed by atoms with Crippen LogP contribution in [0.25, 0.3) is 0 Å². The standard InChI is InChI=1S/C23H16N2O12/c26-15-6-13(22(34)35)17(28)4-11(15)19(30)24-9-1-8(21(32)33)2-10(3-9)25-20(31)12-5-18(29)14(23(36)37)7-16(12)27/h1-7,26-29H,(H,24,30)(H,25,31)(H,32,33)(H,34,35)(H,36,37). The molecule has 3 rings (SSSR count). The molecule has 9 N–H and O–H groups in total. The molecule has 0 fully saturated rings. The predicted octanol–water partition coefficient (Wildman–Crippen LogP) is 2.11. The lowest BCUT2D eigenvalue weighted by Gasteiger charge is -2.13. The number of rotatable bonds is 7. The maximum atomic E-state index is 12.6. The number of carbonyl (C=O) groups excluding carboxylic acids is 2. The summed E-state index contributed by atoms with van der Waals surface area (Å²) in [6.07, 6.45) is 0. The fraction of sp³-hybridized carbons (Fsp3) is 0. The van der Waals surface area contributed by atoms with Crippen molar-refractivity contribution in [2.24, 2.45) is 0 Å². The minimum atomic E-state index is -1.56. The van der Waals surface area contributed by atoms with E-state index >= 15 is 0 Å². The molecule has 3 aromatic rings. The lowest BCUT2D eigenvalue weighted by atomic mass is 10.1. The maximum absolute atomic E-state index is 12.6. The van der Waals surface area contributed by atoms with E-state index < -0.39 is 80.5 Å². The third-order valence-electron chi connectivity index (χ3n) is 4.87. The molecule has 0 atom stereocenters. The van der Waals surface area contributed by atoms with E-state index in [1.165, 1.54) is 0 Å². The maximum Gasteiger partial charge on any atom is 0.339 e. The number of aromatic hydroxyl groups is 4. The molecule has 0 bridgehead atoms. The highest BCUT2D eigenvalue weighted by Crippen LogP contribution is 2.30. The van der Waals surface area contributed by atoms with Crippen molar-refractivity contribution in [2.75, 3.05) is 10.6 Å². The number of phenols is 4.